The minimum absolute atomic E-state index is 0.164. The molecule has 0 spiro atoms. The van der Waals surface area contributed by atoms with Gasteiger partial charge in [-0.05, 0) is 26.7 Å². The SMILES string of the molecule is Cc1nc(CCC(=O)NC2(C)CCCCC2C(=O)O)oc1-c1ccccc1. The average Bonchev–Trinajstić information content (AvgIpc) is 3.01. The summed E-state index contributed by atoms with van der Waals surface area (Å²) in [5.41, 5.74) is 1.06. The van der Waals surface area contributed by atoms with E-state index in [0.717, 1.165) is 29.9 Å². The predicted octanol–water partition coefficient (Wildman–Crippen LogP) is 3.73. The van der Waals surface area contributed by atoms with Gasteiger partial charge in [0.15, 0.2) is 11.7 Å². The van der Waals surface area contributed by atoms with E-state index in [9.17, 15) is 14.7 Å². The number of benzene rings is 1. The first-order valence-electron chi connectivity index (χ1n) is 9.44. The van der Waals surface area contributed by atoms with Crippen molar-refractivity contribution >= 4 is 11.9 Å². The Morgan fingerprint density at radius 1 is 1.30 bits per heavy atom. The topological polar surface area (TPSA) is 92.4 Å². The molecule has 1 aromatic heterocycles. The number of carboxylic acids is 1. The van der Waals surface area contributed by atoms with E-state index in [0.29, 0.717) is 25.2 Å². The Morgan fingerprint density at radius 2 is 2.04 bits per heavy atom. The maximum absolute atomic E-state index is 12.4. The molecule has 1 aliphatic rings. The Balaban J connectivity index is 1.62. The second kappa shape index (κ2) is 7.94. The molecule has 2 unspecified atom stereocenters. The van der Waals surface area contributed by atoms with Crippen LogP contribution < -0.4 is 5.32 Å². The van der Waals surface area contributed by atoms with Gasteiger partial charge in [-0.15, -0.1) is 0 Å². The Kier molecular flexibility index (Phi) is 5.63. The van der Waals surface area contributed by atoms with Crippen LogP contribution in [0.1, 0.15) is 50.6 Å². The van der Waals surface area contributed by atoms with E-state index in [-0.39, 0.29) is 12.3 Å². The van der Waals surface area contributed by atoms with Crippen LogP contribution in [-0.4, -0.2) is 27.5 Å². The highest BCUT2D eigenvalue weighted by atomic mass is 16.4. The minimum atomic E-state index is -0.840. The van der Waals surface area contributed by atoms with Crippen LogP contribution >= 0.6 is 0 Å². The molecule has 0 radical (unpaired) electrons. The second-order valence-corrected chi connectivity index (χ2v) is 7.49. The summed E-state index contributed by atoms with van der Waals surface area (Å²) in [6.07, 6.45) is 3.71. The lowest BCUT2D eigenvalue weighted by Gasteiger charge is -2.39. The molecule has 1 heterocycles. The van der Waals surface area contributed by atoms with Gasteiger partial charge in [0.25, 0.3) is 0 Å². The molecule has 1 fully saturated rings. The van der Waals surface area contributed by atoms with E-state index >= 15 is 0 Å². The number of hydrogen-bond acceptors (Lipinski definition) is 4. The number of hydrogen-bond donors (Lipinski definition) is 2. The lowest BCUT2D eigenvalue weighted by molar-refractivity contribution is -0.146. The quantitative estimate of drug-likeness (QED) is 0.808. The fraction of sp³-hybridized carbons (Fsp3) is 0.476. The van der Waals surface area contributed by atoms with Gasteiger partial charge in [-0.1, -0.05) is 43.2 Å². The number of aromatic nitrogens is 1. The standard InChI is InChI=1S/C21H26N2O4/c1-14-19(15-8-4-3-5-9-15)27-18(22-14)12-11-17(24)23-21(2)13-7-6-10-16(21)20(25)26/h3-5,8-9,16H,6-7,10-13H2,1-2H3,(H,23,24)(H,25,26). The largest absolute Gasteiger partial charge is 0.481 e. The zero-order chi connectivity index (χ0) is 19.4. The van der Waals surface area contributed by atoms with Crippen molar-refractivity contribution in [1.82, 2.24) is 10.3 Å². The second-order valence-electron chi connectivity index (χ2n) is 7.49. The molecule has 1 aromatic carbocycles. The highest BCUT2D eigenvalue weighted by Gasteiger charge is 2.42. The fourth-order valence-electron chi connectivity index (χ4n) is 3.90. The molecule has 27 heavy (non-hydrogen) atoms. The molecule has 1 aliphatic carbocycles. The monoisotopic (exact) mass is 370 g/mol. The minimum Gasteiger partial charge on any atom is -0.481 e. The first-order chi connectivity index (χ1) is 12.9. The molecule has 1 saturated carbocycles. The van der Waals surface area contributed by atoms with Gasteiger partial charge in [0.2, 0.25) is 5.91 Å². The first kappa shape index (κ1) is 19.1. The molecule has 144 valence electrons. The third kappa shape index (κ3) is 4.38. The van der Waals surface area contributed by atoms with Crippen molar-refractivity contribution < 1.29 is 19.1 Å². The number of carbonyl (C=O) groups excluding carboxylic acids is 1. The van der Waals surface area contributed by atoms with Crippen LogP contribution in [0.15, 0.2) is 34.7 Å². The first-order valence-corrected chi connectivity index (χ1v) is 9.44. The normalized spacial score (nSPS) is 22.4. The van der Waals surface area contributed by atoms with Crippen molar-refractivity contribution in [2.45, 2.75) is 57.9 Å². The fourth-order valence-corrected chi connectivity index (χ4v) is 3.90. The van der Waals surface area contributed by atoms with Crippen LogP contribution in [-0.2, 0) is 16.0 Å². The van der Waals surface area contributed by atoms with Gasteiger partial charge in [0.1, 0.15) is 0 Å². The third-order valence-electron chi connectivity index (χ3n) is 5.37. The summed E-state index contributed by atoms with van der Waals surface area (Å²) >= 11 is 0. The number of amides is 1. The lowest BCUT2D eigenvalue weighted by atomic mass is 9.74. The molecule has 3 rings (SSSR count). The molecule has 2 N–H and O–H groups in total. The van der Waals surface area contributed by atoms with Gasteiger partial charge in [-0.2, -0.15) is 0 Å². The van der Waals surface area contributed by atoms with Crippen LogP contribution in [0.3, 0.4) is 0 Å². The van der Waals surface area contributed by atoms with E-state index < -0.39 is 17.4 Å². The number of aliphatic carboxylic acids is 1. The van der Waals surface area contributed by atoms with Crippen LogP contribution in [0.5, 0.6) is 0 Å². The van der Waals surface area contributed by atoms with Crippen molar-refractivity contribution in [1.29, 1.82) is 0 Å². The maximum Gasteiger partial charge on any atom is 0.308 e. The highest BCUT2D eigenvalue weighted by Crippen LogP contribution is 2.34. The zero-order valence-corrected chi connectivity index (χ0v) is 15.8. The van der Waals surface area contributed by atoms with Crippen molar-refractivity contribution in [3.8, 4) is 11.3 Å². The maximum atomic E-state index is 12.4. The van der Waals surface area contributed by atoms with E-state index in [1.165, 1.54) is 0 Å². The molecule has 2 aromatic rings. The molecule has 2 atom stereocenters. The van der Waals surface area contributed by atoms with Gasteiger partial charge < -0.3 is 14.8 Å². The van der Waals surface area contributed by atoms with Gasteiger partial charge >= 0.3 is 5.97 Å². The van der Waals surface area contributed by atoms with Crippen molar-refractivity contribution in [2.75, 3.05) is 0 Å². The number of nitrogens with one attached hydrogen (secondary N) is 1. The summed E-state index contributed by atoms with van der Waals surface area (Å²) < 4.78 is 5.84. The third-order valence-corrected chi connectivity index (χ3v) is 5.37. The summed E-state index contributed by atoms with van der Waals surface area (Å²) in [7, 11) is 0. The molecule has 6 heteroatoms. The van der Waals surface area contributed by atoms with Gasteiger partial charge in [0, 0.05) is 18.4 Å². The van der Waals surface area contributed by atoms with Crippen molar-refractivity contribution in [3.63, 3.8) is 0 Å². The summed E-state index contributed by atoms with van der Waals surface area (Å²) in [4.78, 5) is 28.4. The van der Waals surface area contributed by atoms with Crippen molar-refractivity contribution in [3.05, 3.63) is 41.9 Å². The summed E-state index contributed by atoms with van der Waals surface area (Å²) in [5, 5.41) is 12.4. The number of carbonyl (C=O) groups is 2. The Morgan fingerprint density at radius 3 is 2.74 bits per heavy atom. The van der Waals surface area contributed by atoms with E-state index in [1.54, 1.807) is 0 Å². The lowest BCUT2D eigenvalue weighted by Crippen LogP contribution is -2.55. The number of rotatable bonds is 6. The molecule has 6 nitrogen and oxygen atoms in total. The van der Waals surface area contributed by atoms with Crippen LogP contribution in [0.2, 0.25) is 0 Å². The van der Waals surface area contributed by atoms with E-state index in [4.69, 9.17) is 4.42 Å². The van der Waals surface area contributed by atoms with Gasteiger partial charge in [-0.3, -0.25) is 9.59 Å². The molecular weight excluding hydrogens is 344 g/mol. The number of oxazole rings is 1. The van der Waals surface area contributed by atoms with E-state index in [1.807, 2.05) is 44.2 Å². The number of nitrogens with zero attached hydrogens (tertiary/aromatic N) is 1. The van der Waals surface area contributed by atoms with Crippen LogP contribution in [0.25, 0.3) is 11.3 Å². The molecule has 1 amide bonds. The van der Waals surface area contributed by atoms with E-state index in [2.05, 4.69) is 10.3 Å². The Hall–Kier alpha value is -2.63. The summed E-state index contributed by atoms with van der Waals surface area (Å²) in [6.45, 7) is 3.72. The highest BCUT2D eigenvalue weighted by molar-refractivity contribution is 5.79. The molecular formula is C21H26N2O4. The number of aryl methyl sites for hydroxylation is 2. The Bertz CT molecular complexity index is 815. The smallest absolute Gasteiger partial charge is 0.308 e. The van der Waals surface area contributed by atoms with Crippen LogP contribution in [0.4, 0.5) is 0 Å². The van der Waals surface area contributed by atoms with Gasteiger partial charge in [0.05, 0.1) is 17.2 Å². The van der Waals surface area contributed by atoms with Crippen molar-refractivity contribution in [2.24, 2.45) is 5.92 Å². The molecule has 0 saturated heterocycles. The number of carboxylic acid groups (broad SMARTS) is 1. The summed E-state index contributed by atoms with van der Waals surface area (Å²) in [6, 6.07) is 9.74. The van der Waals surface area contributed by atoms with Crippen LogP contribution in [0, 0.1) is 12.8 Å². The predicted molar refractivity (Wildman–Crippen MR) is 101 cm³/mol. The summed E-state index contributed by atoms with van der Waals surface area (Å²) in [5.74, 6) is -0.304. The zero-order valence-electron chi connectivity index (χ0n) is 15.8. The van der Waals surface area contributed by atoms with Gasteiger partial charge in [-0.25, -0.2) is 4.98 Å². The average molecular weight is 370 g/mol. The molecule has 0 bridgehead atoms. The molecule has 0 aliphatic heterocycles. The Labute approximate surface area is 159 Å².